The highest BCUT2D eigenvalue weighted by Crippen LogP contribution is 2.29. The molecule has 1 aliphatic carbocycles. The lowest BCUT2D eigenvalue weighted by molar-refractivity contribution is 0.0701. The van der Waals surface area contributed by atoms with Gasteiger partial charge in [-0.25, -0.2) is 14.6 Å². The van der Waals surface area contributed by atoms with Crippen LogP contribution < -0.4 is 5.32 Å². The fraction of sp³-hybridized carbons (Fsp3) is 0.643. The number of carboxylic acid groups (broad SMARTS) is 1. The summed E-state index contributed by atoms with van der Waals surface area (Å²) in [4.78, 5) is 29.4. The third-order valence-corrected chi connectivity index (χ3v) is 4.53. The highest BCUT2D eigenvalue weighted by atomic mass is 32.1. The monoisotopic (exact) mass is 311 g/mol. The lowest BCUT2D eigenvalue weighted by Gasteiger charge is -2.22. The topological polar surface area (TPSA) is 82.5 Å². The molecule has 1 aliphatic rings. The second kappa shape index (κ2) is 6.89. The van der Waals surface area contributed by atoms with E-state index >= 15 is 0 Å². The Bertz CT molecular complexity index is 526. The maximum Gasteiger partial charge on any atom is 0.347 e. The Labute approximate surface area is 128 Å². The molecular formula is C14H21N3O3S. The van der Waals surface area contributed by atoms with E-state index in [2.05, 4.69) is 17.2 Å². The van der Waals surface area contributed by atoms with Gasteiger partial charge in [0.15, 0.2) is 0 Å². The first-order valence-electron chi connectivity index (χ1n) is 7.23. The number of hydrogen-bond donors (Lipinski definition) is 2. The zero-order valence-electron chi connectivity index (χ0n) is 12.4. The summed E-state index contributed by atoms with van der Waals surface area (Å²) in [5, 5.41) is 12.5. The minimum absolute atomic E-state index is 0.0894. The summed E-state index contributed by atoms with van der Waals surface area (Å²) < 4.78 is 0. The predicted molar refractivity (Wildman–Crippen MR) is 80.6 cm³/mol. The van der Waals surface area contributed by atoms with Gasteiger partial charge in [-0.2, -0.15) is 0 Å². The molecule has 0 radical (unpaired) electrons. The van der Waals surface area contributed by atoms with Gasteiger partial charge in [-0.3, -0.25) is 0 Å². The van der Waals surface area contributed by atoms with E-state index in [9.17, 15) is 9.59 Å². The van der Waals surface area contributed by atoms with Crippen LogP contribution in [0.1, 0.15) is 46.6 Å². The van der Waals surface area contributed by atoms with Crippen LogP contribution in [0.15, 0.2) is 0 Å². The first kappa shape index (κ1) is 15.8. The summed E-state index contributed by atoms with van der Waals surface area (Å²) >= 11 is 1.12. The summed E-state index contributed by atoms with van der Waals surface area (Å²) in [6, 6.07) is -0.0894. The average molecular weight is 311 g/mol. The van der Waals surface area contributed by atoms with Crippen molar-refractivity contribution in [2.75, 3.05) is 13.1 Å². The number of carboxylic acids is 1. The molecule has 1 aromatic rings. The molecule has 21 heavy (non-hydrogen) atoms. The summed E-state index contributed by atoms with van der Waals surface area (Å²) in [6.45, 7) is 5.57. The zero-order valence-corrected chi connectivity index (χ0v) is 13.2. The molecule has 0 unspecified atom stereocenters. The summed E-state index contributed by atoms with van der Waals surface area (Å²) in [7, 11) is 0. The van der Waals surface area contributed by atoms with Crippen LogP contribution >= 0.6 is 11.3 Å². The zero-order chi connectivity index (χ0) is 15.4. The minimum Gasteiger partial charge on any atom is -0.477 e. The molecule has 0 atom stereocenters. The normalized spacial score (nSPS) is 14.0. The number of aromatic carboxylic acids is 1. The largest absolute Gasteiger partial charge is 0.477 e. The molecule has 1 heterocycles. The molecule has 0 aromatic carbocycles. The molecule has 7 heteroatoms. The number of amides is 2. The number of thiazole rings is 1. The van der Waals surface area contributed by atoms with Gasteiger partial charge in [-0.15, -0.1) is 11.3 Å². The van der Waals surface area contributed by atoms with Crippen molar-refractivity contribution >= 4 is 23.3 Å². The Hall–Kier alpha value is -1.63. The second-order valence-electron chi connectivity index (χ2n) is 5.38. The maximum atomic E-state index is 12.2. The summed E-state index contributed by atoms with van der Waals surface area (Å²) in [5.74, 6) is -0.313. The number of aryl methyl sites for hydroxylation is 1. The van der Waals surface area contributed by atoms with Gasteiger partial charge in [0.25, 0.3) is 0 Å². The number of carbonyl (C=O) groups is 2. The third-order valence-electron chi connectivity index (χ3n) is 3.38. The van der Waals surface area contributed by atoms with E-state index in [1.165, 1.54) is 12.8 Å². The van der Waals surface area contributed by atoms with Crippen molar-refractivity contribution in [3.8, 4) is 0 Å². The van der Waals surface area contributed by atoms with Crippen molar-refractivity contribution in [2.45, 2.75) is 39.7 Å². The van der Waals surface area contributed by atoms with Gasteiger partial charge in [0.1, 0.15) is 9.88 Å². The van der Waals surface area contributed by atoms with Crippen molar-refractivity contribution in [3.05, 3.63) is 15.6 Å². The van der Waals surface area contributed by atoms with Crippen molar-refractivity contribution in [1.82, 2.24) is 15.2 Å². The standard InChI is InChI=1S/C14H21N3O3S/c1-3-6-17(8-10-4-5-10)14(20)15-7-11-16-9(2)12(21-11)13(18)19/h10H,3-8H2,1-2H3,(H,15,20)(H,18,19). The summed E-state index contributed by atoms with van der Waals surface area (Å²) in [6.07, 6.45) is 3.35. The van der Waals surface area contributed by atoms with E-state index in [0.29, 0.717) is 16.6 Å². The molecule has 0 spiro atoms. The molecule has 6 nitrogen and oxygen atoms in total. The van der Waals surface area contributed by atoms with Crippen LogP contribution in [0.25, 0.3) is 0 Å². The van der Waals surface area contributed by atoms with E-state index in [-0.39, 0.29) is 17.5 Å². The van der Waals surface area contributed by atoms with Crippen molar-refractivity contribution in [3.63, 3.8) is 0 Å². The van der Waals surface area contributed by atoms with Crippen LogP contribution in [0.2, 0.25) is 0 Å². The number of nitrogens with zero attached hydrogens (tertiary/aromatic N) is 2. The number of hydrogen-bond acceptors (Lipinski definition) is 4. The quantitative estimate of drug-likeness (QED) is 0.810. The van der Waals surface area contributed by atoms with Crippen molar-refractivity contribution < 1.29 is 14.7 Å². The highest BCUT2D eigenvalue weighted by molar-refractivity contribution is 7.13. The second-order valence-corrected chi connectivity index (χ2v) is 6.46. The fourth-order valence-electron chi connectivity index (χ4n) is 2.15. The molecule has 1 aromatic heterocycles. The molecule has 2 rings (SSSR count). The van der Waals surface area contributed by atoms with Crippen LogP contribution in [-0.4, -0.2) is 40.1 Å². The highest BCUT2D eigenvalue weighted by Gasteiger charge is 2.26. The SMILES string of the molecule is CCCN(CC1CC1)C(=O)NCc1nc(C)c(C(=O)O)s1. The van der Waals surface area contributed by atoms with Gasteiger partial charge in [0.05, 0.1) is 12.2 Å². The van der Waals surface area contributed by atoms with E-state index in [1.807, 2.05) is 4.90 Å². The number of aromatic nitrogens is 1. The summed E-state index contributed by atoms with van der Waals surface area (Å²) in [5.41, 5.74) is 0.500. The van der Waals surface area contributed by atoms with Crippen LogP contribution in [0.3, 0.4) is 0 Å². The number of urea groups is 1. The Morgan fingerprint density at radius 1 is 1.48 bits per heavy atom. The Balaban J connectivity index is 1.89. The Morgan fingerprint density at radius 3 is 2.71 bits per heavy atom. The molecular weight excluding hydrogens is 290 g/mol. The van der Waals surface area contributed by atoms with Crippen LogP contribution in [0.5, 0.6) is 0 Å². The Morgan fingerprint density at radius 2 is 2.19 bits per heavy atom. The first-order chi connectivity index (χ1) is 10.0. The van der Waals surface area contributed by atoms with E-state index < -0.39 is 5.97 Å². The van der Waals surface area contributed by atoms with Gasteiger partial charge in [0, 0.05) is 13.1 Å². The molecule has 2 N–H and O–H groups in total. The average Bonchev–Trinajstić information content (AvgIpc) is 3.16. The van der Waals surface area contributed by atoms with Crippen molar-refractivity contribution in [2.24, 2.45) is 5.92 Å². The van der Waals surface area contributed by atoms with Crippen LogP contribution in [-0.2, 0) is 6.54 Å². The number of nitrogens with one attached hydrogen (secondary N) is 1. The minimum atomic E-state index is -0.969. The maximum absolute atomic E-state index is 12.2. The van der Waals surface area contributed by atoms with Crippen LogP contribution in [0, 0.1) is 12.8 Å². The fourth-order valence-corrected chi connectivity index (χ4v) is 2.99. The van der Waals surface area contributed by atoms with Crippen LogP contribution in [0.4, 0.5) is 4.79 Å². The molecule has 0 bridgehead atoms. The Kier molecular flexibility index (Phi) is 5.17. The van der Waals surface area contributed by atoms with Gasteiger partial charge < -0.3 is 15.3 Å². The van der Waals surface area contributed by atoms with Gasteiger partial charge in [-0.1, -0.05) is 6.92 Å². The molecule has 0 saturated heterocycles. The first-order valence-corrected chi connectivity index (χ1v) is 8.05. The lowest BCUT2D eigenvalue weighted by atomic mass is 10.3. The molecule has 2 amide bonds. The molecule has 116 valence electrons. The van der Waals surface area contributed by atoms with Gasteiger partial charge >= 0.3 is 12.0 Å². The number of rotatable bonds is 7. The third kappa shape index (κ3) is 4.42. The van der Waals surface area contributed by atoms with Crippen molar-refractivity contribution in [1.29, 1.82) is 0 Å². The van der Waals surface area contributed by atoms with E-state index in [0.717, 1.165) is 30.8 Å². The molecule has 1 fully saturated rings. The van der Waals surface area contributed by atoms with E-state index in [1.54, 1.807) is 6.92 Å². The van der Waals surface area contributed by atoms with Gasteiger partial charge in [0.2, 0.25) is 0 Å². The lowest BCUT2D eigenvalue weighted by Crippen LogP contribution is -2.41. The predicted octanol–water partition coefficient (Wildman–Crippen LogP) is 2.48. The smallest absolute Gasteiger partial charge is 0.347 e. The number of carbonyl (C=O) groups excluding carboxylic acids is 1. The van der Waals surface area contributed by atoms with E-state index in [4.69, 9.17) is 5.11 Å². The molecule has 1 saturated carbocycles. The van der Waals surface area contributed by atoms with Gasteiger partial charge in [-0.05, 0) is 32.1 Å². The molecule has 0 aliphatic heterocycles.